The van der Waals surface area contributed by atoms with Gasteiger partial charge in [-0.15, -0.1) is 0 Å². The fourth-order valence-corrected chi connectivity index (χ4v) is 3.09. The minimum absolute atomic E-state index is 0.389. The monoisotopic (exact) mass is 341 g/mol. The van der Waals surface area contributed by atoms with E-state index in [9.17, 15) is 19.2 Å². The third-order valence-electron chi connectivity index (χ3n) is 4.39. The molecule has 1 aliphatic heterocycles. The normalized spacial score (nSPS) is 15.1. The number of ketones is 1. The topological polar surface area (TPSA) is 90.6 Å². The van der Waals surface area contributed by atoms with Crippen LogP contribution in [0.4, 0.5) is 4.79 Å². The number of rotatable bonds is 5. The highest BCUT2D eigenvalue weighted by molar-refractivity contribution is 6.45. The van der Waals surface area contributed by atoms with Gasteiger partial charge in [0, 0.05) is 28.7 Å². The summed E-state index contributed by atoms with van der Waals surface area (Å²) in [5.41, 5.74) is 2.35. The number of hydrogen-bond acceptors (Lipinski definition) is 4. The summed E-state index contributed by atoms with van der Waals surface area (Å²) in [5.74, 6) is -2.24. The van der Waals surface area contributed by atoms with Crippen LogP contribution in [0.15, 0.2) is 24.4 Å². The van der Waals surface area contributed by atoms with Crippen LogP contribution >= 0.6 is 0 Å². The molecule has 7 heteroatoms. The molecular formula is C18H19N3O4. The van der Waals surface area contributed by atoms with Gasteiger partial charge in [0.1, 0.15) is 0 Å². The number of carbonyl (C=O) groups is 4. The van der Waals surface area contributed by atoms with E-state index >= 15 is 0 Å². The summed E-state index contributed by atoms with van der Waals surface area (Å²) < 4.78 is 0. The number of benzene rings is 1. The zero-order valence-corrected chi connectivity index (χ0v) is 14.3. The number of para-hydroxylation sites is 1. The minimum atomic E-state index is -0.957. The molecule has 1 aliphatic rings. The molecule has 0 atom stereocenters. The Balaban J connectivity index is 1.90. The van der Waals surface area contributed by atoms with E-state index in [0.29, 0.717) is 10.5 Å². The highest BCUT2D eigenvalue weighted by atomic mass is 16.2. The summed E-state index contributed by atoms with van der Waals surface area (Å²) >= 11 is 0. The molecule has 3 rings (SSSR count). The summed E-state index contributed by atoms with van der Waals surface area (Å²) in [5, 5.41) is 0.746. The van der Waals surface area contributed by atoms with Crippen molar-refractivity contribution in [3.63, 3.8) is 0 Å². The maximum absolute atomic E-state index is 12.7. The van der Waals surface area contributed by atoms with E-state index in [4.69, 9.17) is 0 Å². The van der Waals surface area contributed by atoms with E-state index in [0.717, 1.165) is 27.8 Å². The van der Waals surface area contributed by atoms with Crippen LogP contribution in [0.3, 0.4) is 0 Å². The largest absolute Gasteiger partial charge is 0.360 e. The molecule has 2 heterocycles. The SMILES string of the molecule is CCc1cccc2c(C(=O)CN3C(=O)C(=O)N(C(C)C)C3=O)c[nH]c12. The van der Waals surface area contributed by atoms with E-state index in [-0.39, 0.29) is 5.78 Å². The van der Waals surface area contributed by atoms with Crippen LogP contribution in [0.25, 0.3) is 10.9 Å². The van der Waals surface area contributed by atoms with Gasteiger partial charge in [0.05, 0.1) is 6.54 Å². The lowest BCUT2D eigenvalue weighted by Crippen LogP contribution is -2.39. The lowest BCUT2D eigenvalue weighted by atomic mass is 10.0. The molecule has 4 amide bonds. The van der Waals surface area contributed by atoms with Gasteiger partial charge in [-0.05, 0) is 25.8 Å². The first-order valence-corrected chi connectivity index (χ1v) is 8.18. The molecule has 25 heavy (non-hydrogen) atoms. The molecule has 0 aliphatic carbocycles. The van der Waals surface area contributed by atoms with Gasteiger partial charge in [0.25, 0.3) is 0 Å². The first-order chi connectivity index (χ1) is 11.9. The van der Waals surface area contributed by atoms with Crippen molar-refractivity contribution in [3.8, 4) is 0 Å². The summed E-state index contributed by atoms with van der Waals surface area (Å²) in [7, 11) is 0. The molecule has 0 saturated carbocycles. The van der Waals surface area contributed by atoms with Gasteiger partial charge in [-0.3, -0.25) is 19.3 Å². The number of hydrogen-bond donors (Lipinski definition) is 1. The first-order valence-electron chi connectivity index (χ1n) is 8.18. The average molecular weight is 341 g/mol. The smallest absolute Gasteiger partial charge is 0.334 e. The number of imide groups is 2. The van der Waals surface area contributed by atoms with E-state index in [1.54, 1.807) is 20.0 Å². The summed E-state index contributed by atoms with van der Waals surface area (Å²) in [6.07, 6.45) is 2.39. The molecule has 130 valence electrons. The van der Waals surface area contributed by atoms with Crippen molar-refractivity contribution in [3.05, 3.63) is 35.5 Å². The Hall–Kier alpha value is -2.96. The summed E-state index contributed by atoms with van der Waals surface area (Å²) in [6, 6.07) is 4.47. The van der Waals surface area contributed by atoms with Gasteiger partial charge in [0.15, 0.2) is 5.78 Å². The number of aryl methyl sites for hydroxylation is 1. The van der Waals surface area contributed by atoms with Gasteiger partial charge in [-0.2, -0.15) is 0 Å². The second-order valence-corrected chi connectivity index (χ2v) is 6.26. The van der Waals surface area contributed by atoms with E-state index < -0.39 is 30.4 Å². The number of Topliss-reactive ketones (excluding diaryl/α,β-unsaturated/α-hetero) is 1. The lowest BCUT2D eigenvalue weighted by molar-refractivity contribution is -0.143. The highest BCUT2D eigenvalue weighted by Crippen LogP contribution is 2.24. The number of H-pyrrole nitrogens is 1. The van der Waals surface area contributed by atoms with E-state index in [2.05, 4.69) is 4.98 Å². The van der Waals surface area contributed by atoms with Gasteiger partial charge >= 0.3 is 17.8 Å². The highest BCUT2D eigenvalue weighted by Gasteiger charge is 2.46. The Kier molecular flexibility index (Phi) is 4.16. The Morgan fingerprint density at radius 3 is 2.48 bits per heavy atom. The average Bonchev–Trinajstić information content (AvgIpc) is 3.10. The standard InChI is InChI=1S/C18H19N3O4/c1-4-11-6-5-7-12-13(8-19-15(11)12)14(22)9-20-16(23)17(24)21(10(2)3)18(20)25/h5-8,10,19H,4,9H2,1-3H3. The third kappa shape index (κ3) is 2.61. The van der Waals surface area contributed by atoms with Crippen LogP contribution in [0.5, 0.6) is 0 Å². The quantitative estimate of drug-likeness (QED) is 0.512. The molecule has 0 bridgehead atoms. The Labute approximate surface area is 144 Å². The van der Waals surface area contributed by atoms with Gasteiger partial charge in [-0.25, -0.2) is 9.69 Å². The number of aromatic amines is 1. The summed E-state index contributed by atoms with van der Waals surface area (Å²) in [4.78, 5) is 53.6. The maximum atomic E-state index is 12.7. The first kappa shape index (κ1) is 16.9. The molecule has 1 saturated heterocycles. The van der Waals surface area contributed by atoms with Crippen LogP contribution < -0.4 is 0 Å². The zero-order valence-electron chi connectivity index (χ0n) is 14.3. The number of nitrogens with one attached hydrogen (secondary N) is 1. The van der Waals surface area contributed by atoms with E-state index in [1.165, 1.54) is 0 Å². The van der Waals surface area contributed by atoms with Crippen molar-refractivity contribution in [2.24, 2.45) is 0 Å². The molecule has 1 aromatic heterocycles. The second-order valence-electron chi connectivity index (χ2n) is 6.26. The van der Waals surface area contributed by atoms with Crippen molar-refractivity contribution >= 4 is 34.5 Å². The third-order valence-corrected chi connectivity index (χ3v) is 4.39. The Morgan fingerprint density at radius 1 is 1.16 bits per heavy atom. The number of urea groups is 1. The van der Waals surface area contributed by atoms with E-state index in [1.807, 2.05) is 25.1 Å². The van der Waals surface area contributed by atoms with Crippen LogP contribution in [0.2, 0.25) is 0 Å². The van der Waals surface area contributed by atoms with Crippen LogP contribution in [-0.4, -0.2) is 51.0 Å². The second kappa shape index (κ2) is 6.16. The number of aromatic nitrogens is 1. The predicted octanol–water partition coefficient (Wildman–Crippen LogP) is 2.11. The number of amides is 4. The van der Waals surface area contributed by atoms with Crippen molar-refractivity contribution in [2.45, 2.75) is 33.2 Å². The van der Waals surface area contributed by atoms with Crippen molar-refractivity contribution in [1.29, 1.82) is 0 Å². The lowest BCUT2D eigenvalue weighted by Gasteiger charge is -2.17. The molecular weight excluding hydrogens is 322 g/mol. The molecule has 1 aromatic carbocycles. The fraction of sp³-hybridized carbons (Fsp3) is 0.333. The Morgan fingerprint density at radius 2 is 1.88 bits per heavy atom. The number of carbonyl (C=O) groups excluding carboxylic acids is 4. The zero-order chi connectivity index (χ0) is 18.3. The van der Waals surface area contributed by atoms with Gasteiger partial charge in [-0.1, -0.05) is 25.1 Å². The van der Waals surface area contributed by atoms with Crippen molar-refractivity contribution < 1.29 is 19.2 Å². The fourth-order valence-electron chi connectivity index (χ4n) is 3.09. The minimum Gasteiger partial charge on any atom is -0.360 e. The molecule has 1 fully saturated rings. The van der Waals surface area contributed by atoms with Crippen molar-refractivity contribution in [1.82, 2.24) is 14.8 Å². The van der Waals surface area contributed by atoms with Crippen molar-refractivity contribution in [2.75, 3.05) is 6.54 Å². The molecule has 0 spiro atoms. The maximum Gasteiger partial charge on any atom is 0.334 e. The number of fused-ring (bicyclic) bond motifs is 1. The molecule has 2 aromatic rings. The van der Waals surface area contributed by atoms with Crippen LogP contribution in [-0.2, 0) is 16.0 Å². The molecule has 0 radical (unpaired) electrons. The Bertz CT molecular complexity index is 897. The molecule has 7 nitrogen and oxygen atoms in total. The van der Waals surface area contributed by atoms with Crippen LogP contribution in [0, 0.1) is 0 Å². The van der Waals surface area contributed by atoms with Gasteiger partial charge in [0.2, 0.25) is 0 Å². The van der Waals surface area contributed by atoms with Crippen LogP contribution in [0.1, 0.15) is 36.7 Å². The van der Waals surface area contributed by atoms with Gasteiger partial charge < -0.3 is 4.98 Å². The molecule has 0 unspecified atom stereocenters. The number of nitrogens with zero attached hydrogens (tertiary/aromatic N) is 2. The molecule has 1 N–H and O–H groups in total. The summed E-state index contributed by atoms with van der Waals surface area (Å²) in [6.45, 7) is 4.85. The predicted molar refractivity (Wildman–Crippen MR) is 91.1 cm³/mol.